The SMILES string of the molecule is COc1ccc2cc([C@@H]3C(C#N)=C(N)OC4=C3C(=O)CC(C)(C)C4)c(Cl)nc2c1. The number of aromatic nitrogens is 1. The summed E-state index contributed by atoms with van der Waals surface area (Å²) in [5.74, 6) is 0.425. The van der Waals surface area contributed by atoms with E-state index in [0.717, 1.165) is 5.39 Å². The third-order valence-electron chi connectivity index (χ3n) is 5.39. The van der Waals surface area contributed by atoms with Gasteiger partial charge < -0.3 is 15.2 Å². The van der Waals surface area contributed by atoms with Crippen molar-refractivity contribution in [3.8, 4) is 11.8 Å². The van der Waals surface area contributed by atoms with E-state index in [0.29, 0.717) is 41.0 Å². The van der Waals surface area contributed by atoms with Crippen LogP contribution in [-0.4, -0.2) is 17.9 Å². The van der Waals surface area contributed by atoms with Crippen LogP contribution in [0.15, 0.2) is 47.1 Å². The average Bonchev–Trinajstić information content (AvgIpc) is 2.65. The topological polar surface area (TPSA) is 98.2 Å². The van der Waals surface area contributed by atoms with E-state index in [1.165, 1.54) is 0 Å². The summed E-state index contributed by atoms with van der Waals surface area (Å²) >= 11 is 6.54. The van der Waals surface area contributed by atoms with Crippen molar-refractivity contribution in [3.63, 3.8) is 0 Å². The number of carbonyl (C=O) groups is 1. The molecule has 4 rings (SSSR count). The Hall–Kier alpha value is -3.04. The lowest BCUT2D eigenvalue weighted by Crippen LogP contribution is -2.33. The molecule has 2 aliphatic rings. The molecule has 2 aromatic rings. The summed E-state index contributed by atoms with van der Waals surface area (Å²) in [5.41, 5.74) is 7.67. The van der Waals surface area contributed by atoms with Crippen molar-refractivity contribution in [1.82, 2.24) is 4.98 Å². The van der Waals surface area contributed by atoms with Crippen LogP contribution >= 0.6 is 11.6 Å². The summed E-state index contributed by atoms with van der Waals surface area (Å²) in [4.78, 5) is 17.5. The zero-order valence-electron chi connectivity index (χ0n) is 16.4. The van der Waals surface area contributed by atoms with E-state index >= 15 is 0 Å². The van der Waals surface area contributed by atoms with Gasteiger partial charge in [0.1, 0.15) is 28.3 Å². The first-order chi connectivity index (χ1) is 13.7. The highest BCUT2D eigenvalue weighted by molar-refractivity contribution is 6.31. The maximum atomic E-state index is 13.1. The van der Waals surface area contributed by atoms with Crippen LogP contribution in [0.4, 0.5) is 0 Å². The number of ketones is 1. The number of nitrogens with zero attached hydrogens (tertiary/aromatic N) is 2. The van der Waals surface area contributed by atoms with Gasteiger partial charge in [-0.05, 0) is 23.6 Å². The zero-order chi connectivity index (χ0) is 20.9. The smallest absolute Gasteiger partial charge is 0.205 e. The molecule has 0 radical (unpaired) electrons. The monoisotopic (exact) mass is 409 g/mol. The summed E-state index contributed by atoms with van der Waals surface area (Å²) in [6, 6.07) is 9.42. The van der Waals surface area contributed by atoms with Crippen molar-refractivity contribution in [1.29, 1.82) is 5.26 Å². The number of rotatable bonds is 2. The molecule has 148 valence electrons. The third kappa shape index (κ3) is 3.22. The Morgan fingerprint density at radius 2 is 2.10 bits per heavy atom. The summed E-state index contributed by atoms with van der Waals surface area (Å²) in [6.45, 7) is 4.01. The van der Waals surface area contributed by atoms with Gasteiger partial charge in [0, 0.05) is 35.4 Å². The maximum absolute atomic E-state index is 13.1. The molecule has 0 unspecified atom stereocenters. The van der Waals surface area contributed by atoms with Gasteiger partial charge in [-0.15, -0.1) is 0 Å². The number of Topliss-reactive ketones (excluding diaryl/α,β-unsaturated/α-hetero) is 1. The van der Waals surface area contributed by atoms with E-state index in [2.05, 4.69) is 11.1 Å². The van der Waals surface area contributed by atoms with Crippen molar-refractivity contribution in [2.75, 3.05) is 7.11 Å². The van der Waals surface area contributed by atoms with Gasteiger partial charge in [0.25, 0.3) is 0 Å². The number of carbonyl (C=O) groups excluding carboxylic acids is 1. The summed E-state index contributed by atoms with van der Waals surface area (Å²) in [6.07, 6.45) is 0.917. The van der Waals surface area contributed by atoms with Gasteiger partial charge in [-0.1, -0.05) is 25.4 Å². The Morgan fingerprint density at radius 1 is 1.34 bits per heavy atom. The first kappa shape index (κ1) is 19.3. The highest BCUT2D eigenvalue weighted by Gasteiger charge is 2.43. The van der Waals surface area contributed by atoms with E-state index in [-0.39, 0.29) is 27.8 Å². The van der Waals surface area contributed by atoms with Gasteiger partial charge in [0.2, 0.25) is 5.88 Å². The Labute approximate surface area is 173 Å². The number of hydrogen-bond acceptors (Lipinski definition) is 6. The minimum Gasteiger partial charge on any atom is -0.497 e. The van der Waals surface area contributed by atoms with Crippen LogP contribution in [0.1, 0.15) is 38.2 Å². The van der Waals surface area contributed by atoms with Gasteiger partial charge in [-0.25, -0.2) is 4.98 Å². The van der Waals surface area contributed by atoms with Crippen LogP contribution in [0.3, 0.4) is 0 Å². The van der Waals surface area contributed by atoms with Crippen molar-refractivity contribution in [3.05, 3.63) is 57.8 Å². The summed E-state index contributed by atoms with van der Waals surface area (Å²) in [7, 11) is 1.58. The Balaban J connectivity index is 1.94. The minimum absolute atomic E-state index is 0.00708. The van der Waals surface area contributed by atoms with Crippen LogP contribution in [0.2, 0.25) is 5.15 Å². The number of hydrogen-bond donors (Lipinski definition) is 1. The maximum Gasteiger partial charge on any atom is 0.205 e. The Morgan fingerprint density at radius 3 is 2.79 bits per heavy atom. The molecule has 7 heteroatoms. The predicted molar refractivity (Wildman–Crippen MR) is 109 cm³/mol. The quantitative estimate of drug-likeness (QED) is 0.740. The van der Waals surface area contributed by atoms with Crippen molar-refractivity contribution in [2.24, 2.45) is 11.1 Å². The molecule has 0 amide bonds. The highest BCUT2D eigenvalue weighted by Crippen LogP contribution is 2.49. The first-order valence-electron chi connectivity index (χ1n) is 9.22. The van der Waals surface area contributed by atoms with Gasteiger partial charge in [-0.3, -0.25) is 4.79 Å². The number of nitriles is 1. The van der Waals surface area contributed by atoms with Crippen molar-refractivity contribution >= 4 is 28.3 Å². The molecule has 1 aliphatic carbocycles. The van der Waals surface area contributed by atoms with E-state index < -0.39 is 5.92 Å². The van der Waals surface area contributed by atoms with Gasteiger partial charge in [-0.2, -0.15) is 5.26 Å². The molecular formula is C22H20ClN3O3. The normalized spacial score (nSPS) is 20.9. The number of allylic oxidation sites excluding steroid dienone is 3. The molecule has 0 bridgehead atoms. The largest absolute Gasteiger partial charge is 0.497 e. The van der Waals surface area contributed by atoms with E-state index in [4.69, 9.17) is 26.8 Å². The lowest BCUT2D eigenvalue weighted by Gasteiger charge is -2.37. The molecule has 1 aromatic carbocycles. The highest BCUT2D eigenvalue weighted by atomic mass is 35.5. The van der Waals surface area contributed by atoms with Gasteiger partial charge in [0.15, 0.2) is 5.78 Å². The fraction of sp³-hybridized carbons (Fsp3) is 0.318. The number of ether oxygens (including phenoxy) is 2. The van der Waals surface area contributed by atoms with Gasteiger partial charge in [0.05, 0.1) is 18.5 Å². The average molecular weight is 410 g/mol. The van der Waals surface area contributed by atoms with Crippen molar-refractivity contribution in [2.45, 2.75) is 32.6 Å². The minimum atomic E-state index is -0.696. The van der Waals surface area contributed by atoms with E-state index in [1.807, 2.05) is 32.0 Å². The number of benzene rings is 1. The second-order valence-electron chi connectivity index (χ2n) is 8.13. The van der Waals surface area contributed by atoms with Crippen LogP contribution in [0.25, 0.3) is 10.9 Å². The summed E-state index contributed by atoms with van der Waals surface area (Å²) < 4.78 is 11.0. The second kappa shape index (κ2) is 6.78. The fourth-order valence-corrected chi connectivity index (χ4v) is 4.32. The Kier molecular flexibility index (Phi) is 4.51. The zero-order valence-corrected chi connectivity index (χ0v) is 17.1. The molecule has 1 aromatic heterocycles. The van der Waals surface area contributed by atoms with Crippen LogP contribution in [0, 0.1) is 16.7 Å². The first-order valence-corrected chi connectivity index (χ1v) is 9.60. The standard InChI is InChI=1S/C22H20ClN3O3/c1-22(2)8-16(27)19-17(9-22)29-21(25)14(10-24)18(19)13-6-11-4-5-12(28-3)7-15(11)26-20(13)23/h4-7,18H,8-9,25H2,1-3H3/t18-/m1/s1. The lowest BCUT2D eigenvalue weighted by atomic mass is 9.70. The Bertz CT molecular complexity index is 1160. The molecule has 1 aliphatic heterocycles. The molecule has 2 N–H and O–H groups in total. The van der Waals surface area contributed by atoms with Gasteiger partial charge >= 0.3 is 0 Å². The molecular weight excluding hydrogens is 390 g/mol. The van der Waals surface area contributed by atoms with Crippen molar-refractivity contribution < 1.29 is 14.3 Å². The number of methoxy groups -OCH3 is 1. The molecule has 0 fully saturated rings. The lowest BCUT2D eigenvalue weighted by molar-refractivity contribution is -0.119. The summed E-state index contributed by atoms with van der Waals surface area (Å²) in [5, 5.41) is 10.8. The molecule has 0 saturated carbocycles. The number of halogens is 1. The fourth-order valence-electron chi connectivity index (χ4n) is 4.06. The molecule has 0 saturated heterocycles. The van der Waals surface area contributed by atoms with Crippen LogP contribution < -0.4 is 10.5 Å². The number of fused-ring (bicyclic) bond motifs is 1. The predicted octanol–water partition coefficient (Wildman–Crippen LogP) is 4.35. The molecule has 29 heavy (non-hydrogen) atoms. The van der Waals surface area contributed by atoms with E-state index in [9.17, 15) is 10.1 Å². The number of pyridine rings is 1. The number of nitrogens with two attached hydrogens (primary N) is 1. The van der Waals surface area contributed by atoms with Crippen LogP contribution in [0.5, 0.6) is 5.75 Å². The van der Waals surface area contributed by atoms with E-state index in [1.54, 1.807) is 13.2 Å². The molecule has 6 nitrogen and oxygen atoms in total. The molecule has 1 atom stereocenters. The van der Waals surface area contributed by atoms with Crippen LogP contribution in [-0.2, 0) is 9.53 Å². The molecule has 2 heterocycles. The third-order valence-corrected chi connectivity index (χ3v) is 5.69. The second-order valence-corrected chi connectivity index (χ2v) is 8.49. The molecule has 0 spiro atoms.